The molecule has 32 heavy (non-hydrogen) atoms. The van der Waals surface area contributed by atoms with Crippen molar-refractivity contribution in [2.24, 2.45) is 29.6 Å². The van der Waals surface area contributed by atoms with Crippen molar-refractivity contribution in [3.63, 3.8) is 0 Å². The Morgan fingerprint density at radius 2 is 1.50 bits per heavy atom. The summed E-state index contributed by atoms with van der Waals surface area (Å²) in [5.41, 5.74) is 1.34. The first-order valence-electron chi connectivity index (χ1n) is 13.3. The van der Waals surface area contributed by atoms with Crippen LogP contribution in [0.5, 0.6) is 0 Å². The SMILES string of the molecule is CC(C=O)CCCC(C)(O)CCCC(C)CCCC(C)CCC1=CC(O)C(C)C(C)C1P. The van der Waals surface area contributed by atoms with Gasteiger partial charge in [-0.15, -0.1) is 9.24 Å². The third-order valence-corrected chi connectivity index (χ3v) is 9.12. The van der Waals surface area contributed by atoms with Crippen molar-refractivity contribution in [1.29, 1.82) is 0 Å². The van der Waals surface area contributed by atoms with Gasteiger partial charge in [-0.2, -0.15) is 0 Å². The van der Waals surface area contributed by atoms with Crippen LogP contribution >= 0.6 is 9.24 Å². The second kappa shape index (κ2) is 14.9. The highest BCUT2D eigenvalue weighted by Crippen LogP contribution is 2.37. The van der Waals surface area contributed by atoms with Crippen LogP contribution in [0, 0.1) is 29.6 Å². The zero-order valence-corrected chi connectivity index (χ0v) is 23.0. The van der Waals surface area contributed by atoms with E-state index >= 15 is 0 Å². The molecule has 0 aromatic rings. The number of rotatable bonds is 16. The molecule has 0 bridgehead atoms. The number of aliphatic hydroxyl groups is 2. The summed E-state index contributed by atoms with van der Waals surface area (Å²) in [7, 11) is 3.01. The quantitative estimate of drug-likeness (QED) is 0.146. The topological polar surface area (TPSA) is 57.5 Å². The summed E-state index contributed by atoms with van der Waals surface area (Å²) < 4.78 is 0. The maximum absolute atomic E-state index is 10.7. The Morgan fingerprint density at radius 3 is 2.09 bits per heavy atom. The Kier molecular flexibility index (Phi) is 13.9. The van der Waals surface area contributed by atoms with Gasteiger partial charge in [0.1, 0.15) is 6.29 Å². The van der Waals surface area contributed by atoms with Crippen LogP contribution in [0.4, 0.5) is 0 Å². The largest absolute Gasteiger partial charge is 0.390 e. The van der Waals surface area contributed by atoms with E-state index in [9.17, 15) is 15.0 Å². The Labute approximate surface area is 201 Å². The first-order chi connectivity index (χ1) is 15.0. The van der Waals surface area contributed by atoms with E-state index in [4.69, 9.17) is 0 Å². The smallest absolute Gasteiger partial charge is 0.122 e. The van der Waals surface area contributed by atoms with E-state index in [2.05, 4.69) is 43.0 Å². The minimum atomic E-state index is -0.594. The highest BCUT2D eigenvalue weighted by Gasteiger charge is 2.31. The van der Waals surface area contributed by atoms with Crippen LogP contribution in [-0.2, 0) is 4.79 Å². The second-order valence-electron chi connectivity index (χ2n) is 11.6. The average molecular weight is 469 g/mol. The molecule has 0 heterocycles. The van der Waals surface area contributed by atoms with Crippen molar-refractivity contribution < 1.29 is 15.0 Å². The van der Waals surface area contributed by atoms with Crippen LogP contribution in [0.3, 0.4) is 0 Å². The van der Waals surface area contributed by atoms with E-state index in [1.54, 1.807) is 0 Å². The van der Waals surface area contributed by atoms with Gasteiger partial charge in [-0.25, -0.2) is 0 Å². The Balaban J connectivity index is 2.18. The molecule has 0 aliphatic heterocycles. The fourth-order valence-electron chi connectivity index (χ4n) is 5.05. The fraction of sp³-hybridized carbons (Fsp3) is 0.893. The lowest BCUT2D eigenvalue weighted by atomic mass is 9.78. The maximum Gasteiger partial charge on any atom is 0.122 e. The molecule has 3 nitrogen and oxygen atoms in total. The number of hydrogen-bond acceptors (Lipinski definition) is 3. The van der Waals surface area contributed by atoms with E-state index < -0.39 is 5.60 Å². The predicted octanol–water partition coefficient (Wildman–Crippen LogP) is 6.95. The highest BCUT2D eigenvalue weighted by atomic mass is 31.0. The summed E-state index contributed by atoms with van der Waals surface area (Å²) in [5.74, 6) is 2.40. The average Bonchev–Trinajstić information content (AvgIpc) is 2.73. The molecule has 0 aromatic heterocycles. The normalized spacial score (nSPS) is 28.5. The van der Waals surface area contributed by atoms with Crippen molar-refractivity contribution in [2.75, 3.05) is 0 Å². The number of carbonyl (C=O) groups is 1. The maximum atomic E-state index is 10.7. The molecule has 0 amide bonds. The van der Waals surface area contributed by atoms with Crippen molar-refractivity contribution >= 4 is 15.5 Å². The van der Waals surface area contributed by atoms with Gasteiger partial charge in [0.15, 0.2) is 0 Å². The number of allylic oxidation sites excluding steroid dienone is 1. The Morgan fingerprint density at radius 1 is 0.969 bits per heavy atom. The minimum Gasteiger partial charge on any atom is -0.390 e. The van der Waals surface area contributed by atoms with E-state index in [1.807, 2.05) is 13.8 Å². The predicted molar refractivity (Wildman–Crippen MR) is 141 cm³/mol. The summed E-state index contributed by atoms with van der Waals surface area (Å²) in [6.45, 7) is 13.0. The van der Waals surface area contributed by atoms with E-state index in [0.29, 0.717) is 23.4 Å². The number of carbonyl (C=O) groups excluding carboxylic acids is 1. The van der Waals surface area contributed by atoms with E-state index in [0.717, 1.165) is 50.7 Å². The van der Waals surface area contributed by atoms with Crippen molar-refractivity contribution in [3.05, 3.63) is 11.6 Å². The van der Waals surface area contributed by atoms with Gasteiger partial charge >= 0.3 is 0 Å². The standard InChI is InChI=1S/C28H53O3P/c1-20(12-8-16-28(6,31)17-9-13-22(3)19-29)10-7-11-21(2)14-15-25-18-26(30)23(4)24(5)27(25)32/h18-24,26-27,30-31H,7-17,32H2,1-6H3. The molecule has 2 N–H and O–H groups in total. The third-order valence-electron chi connectivity index (χ3n) is 8.09. The summed E-state index contributed by atoms with van der Waals surface area (Å²) >= 11 is 0. The van der Waals surface area contributed by atoms with Crippen molar-refractivity contribution in [1.82, 2.24) is 0 Å². The molecule has 9 atom stereocenters. The Hall–Kier alpha value is -0.240. The molecule has 1 aliphatic rings. The summed E-state index contributed by atoms with van der Waals surface area (Å²) in [4.78, 5) is 10.7. The molecule has 0 fully saturated rings. The first kappa shape index (κ1) is 29.8. The van der Waals surface area contributed by atoms with Crippen LogP contribution in [0.25, 0.3) is 0 Å². The van der Waals surface area contributed by atoms with Crippen LogP contribution < -0.4 is 0 Å². The number of aliphatic hydroxyl groups excluding tert-OH is 1. The molecular weight excluding hydrogens is 415 g/mol. The van der Waals surface area contributed by atoms with Gasteiger partial charge < -0.3 is 15.0 Å². The Bertz CT molecular complexity index is 559. The molecule has 0 aromatic carbocycles. The number of aldehydes is 1. The van der Waals surface area contributed by atoms with Gasteiger partial charge in [-0.3, -0.25) is 0 Å². The molecule has 0 saturated heterocycles. The third kappa shape index (κ3) is 11.3. The van der Waals surface area contributed by atoms with Gasteiger partial charge in [0.25, 0.3) is 0 Å². The van der Waals surface area contributed by atoms with Gasteiger partial charge in [0.2, 0.25) is 0 Å². The molecule has 1 rings (SSSR count). The van der Waals surface area contributed by atoms with Crippen LogP contribution in [0.2, 0.25) is 0 Å². The van der Waals surface area contributed by atoms with Gasteiger partial charge in [0.05, 0.1) is 11.7 Å². The van der Waals surface area contributed by atoms with E-state index in [1.165, 1.54) is 37.7 Å². The second-order valence-corrected chi connectivity index (χ2v) is 12.3. The molecule has 0 saturated carbocycles. The summed E-state index contributed by atoms with van der Waals surface area (Å²) in [6.07, 6.45) is 14.7. The van der Waals surface area contributed by atoms with Crippen molar-refractivity contribution in [2.45, 2.75) is 130 Å². The minimum absolute atomic E-state index is 0.105. The lowest BCUT2D eigenvalue weighted by molar-refractivity contribution is -0.110. The van der Waals surface area contributed by atoms with Crippen LogP contribution in [0.15, 0.2) is 11.6 Å². The van der Waals surface area contributed by atoms with E-state index in [-0.39, 0.29) is 12.0 Å². The van der Waals surface area contributed by atoms with Gasteiger partial charge in [0, 0.05) is 5.92 Å². The summed E-state index contributed by atoms with van der Waals surface area (Å²) in [6, 6.07) is 0. The lowest BCUT2D eigenvalue weighted by Gasteiger charge is -2.36. The molecule has 0 radical (unpaired) electrons. The zero-order valence-electron chi connectivity index (χ0n) is 21.9. The number of hydrogen-bond donors (Lipinski definition) is 2. The van der Waals surface area contributed by atoms with Crippen LogP contribution in [-0.4, -0.2) is 33.9 Å². The highest BCUT2D eigenvalue weighted by molar-refractivity contribution is 7.18. The molecule has 9 unspecified atom stereocenters. The van der Waals surface area contributed by atoms with Gasteiger partial charge in [-0.1, -0.05) is 78.4 Å². The van der Waals surface area contributed by atoms with Gasteiger partial charge in [-0.05, 0) is 74.8 Å². The lowest BCUT2D eigenvalue weighted by Crippen LogP contribution is -2.34. The molecule has 0 spiro atoms. The first-order valence-corrected chi connectivity index (χ1v) is 14.0. The molecular formula is C28H53O3P. The van der Waals surface area contributed by atoms with Crippen molar-refractivity contribution in [3.8, 4) is 0 Å². The zero-order chi connectivity index (χ0) is 24.3. The summed E-state index contributed by atoms with van der Waals surface area (Å²) in [5, 5.41) is 20.9. The molecule has 4 heteroatoms. The molecule has 188 valence electrons. The monoisotopic (exact) mass is 468 g/mol. The molecule has 1 aliphatic carbocycles. The fourth-order valence-corrected chi connectivity index (χ4v) is 5.68. The van der Waals surface area contributed by atoms with Crippen LogP contribution in [0.1, 0.15) is 112 Å².